The van der Waals surface area contributed by atoms with Crippen molar-refractivity contribution in [3.05, 3.63) is 106 Å². The standard InChI is InChI=1S/C37H44N4O6/c42-32-14-12-29(30-13-15-34(44)39-35(30)32)33(43)23-38-18-5-2-6-21-47-28-11-7-10-27(22-28)36(26-8-3-1-4-9-26)41(37(45)46)31-24-40-19-16-25(31)17-20-40/h1,3-4,7-15,22,25,31,33,36,38,42-43H,2,5-6,16-21,23-24H2,(H,39,44)(H,45,46)/t31-,33-,36?/m0/s1. The molecule has 3 fully saturated rings. The predicted molar refractivity (Wildman–Crippen MR) is 181 cm³/mol. The molecule has 0 spiro atoms. The Morgan fingerprint density at radius 2 is 1.77 bits per heavy atom. The highest BCUT2D eigenvalue weighted by molar-refractivity contribution is 5.87. The number of ether oxygens (including phenoxy) is 1. The van der Waals surface area contributed by atoms with Crippen molar-refractivity contribution in [1.82, 2.24) is 20.1 Å². The lowest BCUT2D eigenvalue weighted by Crippen LogP contribution is -2.59. The van der Waals surface area contributed by atoms with Crippen LogP contribution in [0.15, 0.2) is 83.7 Å². The maximum Gasteiger partial charge on any atom is 0.408 e. The first-order valence-electron chi connectivity index (χ1n) is 16.6. The number of aliphatic hydroxyl groups is 1. The minimum absolute atomic E-state index is 0.0294. The summed E-state index contributed by atoms with van der Waals surface area (Å²) >= 11 is 0. The summed E-state index contributed by atoms with van der Waals surface area (Å²) in [7, 11) is 0. The number of phenols is 1. The average molecular weight is 641 g/mol. The summed E-state index contributed by atoms with van der Waals surface area (Å²) in [4.78, 5) is 31.3. The number of aromatic hydroxyl groups is 1. The van der Waals surface area contributed by atoms with Crippen LogP contribution in [0.25, 0.3) is 10.9 Å². The molecule has 47 heavy (non-hydrogen) atoms. The van der Waals surface area contributed by atoms with Crippen LogP contribution >= 0.6 is 0 Å². The van der Waals surface area contributed by atoms with Crippen LogP contribution in [0.3, 0.4) is 0 Å². The van der Waals surface area contributed by atoms with Gasteiger partial charge in [-0.15, -0.1) is 0 Å². The maximum absolute atomic E-state index is 12.9. The van der Waals surface area contributed by atoms with Gasteiger partial charge in [0, 0.05) is 24.5 Å². The van der Waals surface area contributed by atoms with Gasteiger partial charge in [-0.1, -0.05) is 48.5 Å². The third kappa shape index (κ3) is 7.62. The van der Waals surface area contributed by atoms with Gasteiger partial charge >= 0.3 is 6.09 Å². The molecule has 1 amide bonds. The van der Waals surface area contributed by atoms with Crippen LogP contribution in [0.2, 0.25) is 0 Å². The van der Waals surface area contributed by atoms with Crippen molar-refractivity contribution in [1.29, 1.82) is 0 Å². The predicted octanol–water partition coefficient (Wildman–Crippen LogP) is 5.27. The van der Waals surface area contributed by atoms with E-state index in [2.05, 4.69) is 15.2 Å². The molecule has 4 aromatic rings. The maximum atomic E-state index is 12.9. The van der Waals surface area contributed by atoms with E-state index < -0.39 is 18.2 Å². The zero-order valence-electron chi connectivity index (χ0n) is 26.6. The number of unbranched alkanes of at least 4 members (excludes halogenated alkanes) is 2. The number of fused-ring (bicyclic) bond motifs is 4. The zero-order chi connectivity index (χ0) is 32.8. The first kappa shape index (κ1) is 32.6. The van der Waals surface area contributed by atoms with Crippen molar-refractivity contribution in [2.45, 2.75) is 50.3 Å². The van der Waals surface area contributed by atoms with Crippen LogP contribution in [0.1, 0.15) is 60.9 Å². The van der Waals surface area contributed by atoms with E-state index in [4.69, 9.17) is 4.74 Å². The lowest BCUT2D eigenvalue weighted by atomic mass is 9.81. The number of phenolic OH excluding ortho intramolecular Hbond substituents is 1. The molecule has 5 N–H and O–H groups in total. The second-order valence-electron chi connectivity index (χ2n) is 12.7. The first-order valence-corrected chi connectivity index (χ1v) is 16.6. The van der Waals surface area contributed by atoms with Gasteiger partial charge < -0.3 is 35.3 Å². The lowest BCUT2D eigenvalue weighted by molar-refractivity contribution is -0.000811. The van der Waals surface area contributed by atoms with E-state index in [0.29, 0.717) is 35.5 Å². The van der Waals surface area contributed by atoms with Crippen molar-refractivity contribution in [2.24, 2.45) is 5.92 Å². The van der Waals surface area contributed by atoms with E-state index >= 15 is 0 Å². The number of hydrogen-bond acceptors (Lipinski definition) is 7. The fourth-order valence-electron chi connectivity index (χ4n) is 7.23. The van der Waals surface area contributed by atoms with Crippen LogP contribution in [0, 0.1) is 5.92 Å². The van der Waals surface area contributed by atoms with E-state index in [0.717, 1.165) is 75.2 Å². The molecule has 1 unspecified atom stereocenters. The number of aromatic nitrogens is 1. The van der Waals surface area contributed by atoms with Gasteiger partial charge in [-0.05, 0) is 98.6 Å². The second-order valence-corrected chi connectivity index (χ2v) is 12.7. The fraction of sp³-hybridized carbons (Fsp3) is 0.405. The summed E-state index contributed by atoms with van der Waals surface area (Å²) in [5.41, 5.74) is 2.51. The summed E-state index contributed by atoms with van der Waals surface area (Å²) in [6.45, 7) is 4.49. The smallest absolute Gasteiger partial charge is 0.408 e. The van der Waals surface area contributed by atoms with Crippen LogP contribution < -0.4 is 15.6 Å². The van der Waals surface area contributed by atoms with E-state index in [-0.39, 0.29) is 17.4 Å². The molecule has 248 valence electrons. The number of hydrogen-bond donors (Lipinski definition) is 5. The number of nitrogens with zero attached hydrogens (tertiary/aromatic N) is 2. The molecule has 0 saturated carbocycles. The molecular formula is C37H44N4O6. The van der Waals surface area contributed by atoms with Gasteiger partial charge in [0.1, 0.15) is 11.5 Å². The molecule has 3 aromatic carbocycles. The largest absolute Gasteiger partial charge is 0.506 e. The Labute approximate surface area is 274 Å². The quantitative estimate of drug-likeness (QED) is 0.118. The lowest BCUT2D eigenvalue weighted by Gasteiger charge is -2.50. The summed E-state index contributed by atoms with van der Waals surface area (Å²) < 4.78 is 6.15. The molecule has 10 nitrogen and oxygen atoms in total. The Balaban J connectivity index is 1.01. The third-order valence-electron chi connectivity index (χ3n) is 9.64. The fourth-order valence-corrected chi connectivity index (χ4v) is 7.23. The molecule has 7 rings (SSSR count). The molecule has 0 aliphatic carbocycles. The number of aromatic amines is 1. The Morgan fingerprint density at radius 1 is 0.979 bits per heavy atom. The van der Waals surface area contributed by atoms with Gasteiger partial charge in [0.25, 0.3) is 0 Å². The average Bonchev–Trinajstić information content (AvgIpc) is 3.09. The van der Waals surface area contributed by atoms with Crippen molar-refractivity contribution in [2.75, 3.05) is 39.3 Å². The number of benzene rings is 3. The number of carboxylic acid groups (broad SMARTS) is 1. The number of aliphatic hydroxyl groups excluding tert-OH is 1. The highest BCUT2D eigenvalue weighted by Gasteiger charge is 2.43. The number of rotatable bonds is 14. The minimum atomic E-state index is -0.891. The number of piperidine rings is 3. The number of pyridine rings is 1. The molecule has 3 aliphatic heterocycles. The van der Waals surface area contributed by atoms with E-state index in [1.54, 1.807) is 17.0 Å². The molecule has 0 radical (unpaired) electrons. The zero-order valence-corrected chi connectivity index (χ0v) is 26.6. The molecular weight excluding hydrogens is 596 g/mol. The highest BCUT2D eigenvalue weighted by Crippen LogP contribution is 2.39. The van der Waals surface area contributed by atoms with E-state index in [1.165, 1.54) is 12.1 Å². The van der Waals surface area contributed by atoms with Gasteiger partial charge in [-0.25, -0.2) is 4.79 Å². The Bertz CT molecular complexity index is 1700. The molecule has 1 aromatic heterocycles. The van der Waals surface area contributed by atoms with Crippen molar-refractivity contribution in [3.8, 4) is 11.5 Å². The van der Waals surface area contributed by atoms with Gasteiger partial charge in [0.2, 0.25) is 5.56 Å². The third-order valence-corrected chi connectivity index (χ3v) is 9.64. The topological polar surface area (TPSA) is 138 Å². The first-order chi connectivity index (χ1) is 22.9. The van der Waals surface area contributed by atoms with Gasteiger partial charge in [0.05, 0.1) is 30.3 Å². The Kier molecular flexibility index (Phi) is 10.4. The number of H-pyrrole nitrogens is 1. The number of amides is 1. The summed E-state index contributed by atoms with van der Waals surface area (Å²) in [5, 5.41) is 35.3. The van der Waals surface area contributed by atoms with E-state index in [9.17, 15) is 24.9 Å². The minimum Gasteiger partial charge on any atom is -0.506 e. The van der Waals surface area contributed by atoms with Gasteiger partial charge in [0.15, 0.2) is 0 Å². The summed E-state index contributed by atoms with van der Waals surface area (Å²) in [6.07, 6.45) is 3.09. The van der Waals surface area contributed by atoms with E-state index in [1.807, 2.05) is 54.6 Å². The van der Waals surface area contributed by atoms with Crippen molar-refractivity contribution < 1.29 is 24.9 Å². The molecule has 4 heterocycles. The van der Waals surface area contributed by atoms with Crippen LogP contribution in [-0.4, -0.2) is 81.6 Å². The summed E-state index contributed by atoms with van der Waals surface area (Å²) in [5.74, 6) is 1.07. The molecule has 3 aliphatic rings. The number of carbonyl (C=O) groups is 1. The van der Waals surface area contributed by atoms with Gasteiger partial charge in [-0.2, -0.15) is 0 Å². The SMILES string of the molecule is O=C(O)N(C(c1ccccc1)c1cccc(OCCCCCNC[C@H](O)c2ccc(O)c3[nH]c(=O)ccc23)c1)[C@H]1CN2CCC1CC2. The Hall–Kier alpha value is -4.38. The monoisotopic (exact) mass is 640 g/mol. The number of nitrogens with one attached hydrogen (secondary N) is 2. The molecule has 3 saturated heterocycles. The molecule has 2 bridgehead atoms. The van der Waals surface area contributed by atoms with Crippen LogP contribution in [0.5, 0.6) is 11.5 Å². The highest BCUT2D eigenvalue weighted by atomic mass is 16.5. The summed E-state index contributed by atoms with van der Waals surface area (Å²) in [6, 6.07) is 23.5. The Morgan fingerprint density at radius 3 is 2.51 bits per heavy atom. The van der Waals surface area contributed by atoms with Crippen LogP contribution in [-0.2, 0) is 0 Å². The molecule has 10 heteroatoms. The van der Waals surface area contributed by atoms with Crippen LogP contribution in [0.4, 0.5) is 4.79 Å². The van der Waals surface area contributed by atoms with Crippen molar-refractivity contribution >= 4 is 17.0 Å². The van der Waals surface area contributed by atoms with Gasteiger partial charge in [-0.3, -0.25) is 9.69 Å². The van der Waals surface area contributed by atoms with Crippen molar-refractivity contribution in [3.63, 3.8) is 0 Å². The normalized spacial score (nSPS) is 20.1. The second kappa shape index (κ2) is 15.0. The molecule has 3 atom stereocenters.